The summed E-state index contributed by atoms with van der Waals surface area (Å²) in [4.78, 5) is 24.1. The Morgan fingerprint density at radius 3 is 2.36 bits per heavy atom. The fourth-order valence-corrected chi connectivity index (χ4v) is 4.66. The van der Waals surface area contributed by atoms with E-state index in [2.05, 4.69) is 15.9 Å². The highest BCUT2D eigenvalue weighted by molar-refractivity contribution is 9.10. The van der Waals surface area contributed by atoms with Crippen molar-refractivity contribution in [2.75, 3.05) is 0 Å². The molecule has 9 heteroatoms. The number of benzene rings is 1. The zero-order valence-electron chi connectivity index (χ0n) is 13.2. The number of nitrogens with zero attached hydrogens (tertiary/aromatic N) is 2. The van der Waals surface area contributed by atoms with Crippen LogP contribution in [-0.2, 0) is 17.1 Å². The fraction of sp³-hybridized carbons (Fsp3) is 0.125. The molecular weight excluding hydrogens is 412 g/mol. The molecule has 0 aliphatic rings. The standard InChI is InChI=1S/C16H13BrN2O5S/c1-9-3-5-10(6-4-9)25(23,24)19-13(16(21)22)7-11-12(17)8-18(2)15(20)14(11)19/h3-8H,1-2H3,(H,21,22). The summed E-state index contributed by atoms with van der Waals surface area (Å²) >= 11 is 3.25. The van der Waals surface area contributed by atoms with Crippen LogP contribution in [0.15, 0.2) is 50.7 Å². The molecule has 0 saturated heterocycles. The van der Waals surface area contributed by atoms with Crippen molar-refractivity contribution in [3.63, 3.8) is 0 Å². The van der Waals surface area contributed by atoms with E-state index in [-0.39, 0.29) is 15.8 Å². The fourth-order valence-electron chi connectivity index (χ4n) is 2.56. The molecule has 0 aliphatic heterocycles. The molecule has 3 aromatic rings. The summed E-state index contributed by atoms with van der Waals surface area (Å²) in [6.07, 6.45) is 1.46. The number of aryl methyl sites for hydroxylation is 2. The van der Waals surface area contributed by atoms with Gasteiger partial charge in [0.1, 0.15) is 11.2 Å². The van der Waals surface area contributed by atoms with Crippen LogP contribution in [-0.4, -0.2) is 28.0 Å². The van der Waals surface area contributed by atoms with Gasteiger partial charge in [-0.3, -0.25) is 4.79 Å². The second kappa shape index (κ2) is 5.85. The number of hydrogen-bond donors (Lipinski definition) is 1. The summed E-state index contributed by atoms with van der Waals surface area (Å²) in [6, 6.07) is 7.14. The Morgan fingerprint density at radius 1 is 1.20 bits per heavy atom. The summed E-state index contributed by atoms with van der Waals surface area (Å²) in [5.41, 5.74) is -0.468. The molecule has 1 N–H and O–H groups in total. The molecule has 25 heavy (non-hydrogen) atoms. The molecule has 0 bridgehead atoms. The summed E-state index contributed by atoms with van der Waals surface area (Å²) < 4.78 is 28.3. The normalized spacial score (nSPS) is 11.8. The van der Waals surface area contributed by atoms with Gasteiger partial charge in [0.15, 0.2) is 0 Å². The summed E-state index contributed by atoms with van der Waals surface area (Å²) in [5.74, 6) is -1.44. The average molecular weight is 425 g/mol. The van der Waals surface area contributed by atoms with Crippen LogP contribution in [0.3, 0.4) is 0 Å². The van der Waals surface area contributed by atoms with Gasteiger partial charge in [0.05, 0.1) is 4.90 Å². The molecule has 0 unspecified atom stereocenters. The molecule has 0 spiro atoms. The Balaban J connectivity index is 2.50. The van der Waals surface area contributed by atoms with Gasteiger partial charge in [-0.2, -0.15) is 0 Å². The monoisotopic (exact) mass is 424 g/mol. The lowest BCUT2D eigenvalue weighted by Crippen LogP contribution is -2.24. The molecule has 0 aliphatic carbocycles. The van der Waals surface area contributed by atoms with Gasteiger partial charge in [-0.15, -0.1) is 0 Å². The zero-order valence-corrected chi connectivity index (χ0v) is 15.6. The van der Waals surface area contributed by atoms with Gasteiger partial charge in [-0.25, -0.2) is 17.2 Å². The predicted molar refractivity (Wildman–Crippen MR) is 95.6 cm³/mol. The highest BCUT2D eigenvalue weighted by atomic mass is 79.9. The van der Waals surface area contributed by atoms with Crippen molar-refractivity contribution >= 4 is 42.8 Å². The molecule has 0 fully saturated rings. The van der Waals surface area contributed by atoms with Crippen molar-refractivity contribution in [1.29, 1.82) is 0 Å². The molecule has 3 rings (SSSR count). The third-order valence-electron chi connectivity index (χ3n) is 3.82. The predicted octanol–water partition coefficient (Wildman–Crippen LogP) is 2.35. The first-order valence-electron chi connectivity index (χ1n) is 7.10. The van der Waals surface area contributed by atoms with E-state index in [9.17, 15) is 23.1 Å². The van der Waals surface area contributed by atoms with Crippen LogP contribution in [0.25, 0.3) is 10.9 Å². The highest BCUT2D eigenvalue weighted by Crippen LogP contribution is 2.28. The Morgan fingerprint density at radius 2 is 1.80 bits per heavy atom. The quantitative estimate of drug-likeness (QED) is 0.695. The second-order valence-corrected chi connectivity index (χ2v) is 8.21. The molecular formula is C16H13BrN2O5S. The number of rotatable bonds is 3. The minimum Gasteiger partial charge on any atom is -0.477 e. The van der Waals surface area contributed by atoms with E-state index < -0.39 is 27.2 Å². The Bertz CT molecular complexity index is 1170. The van der Waals surface area contributed by atoms with Gasteiger partial charge in [-0.1, -0.05) is 17.7 Å². The number of aromatic carboxylic acids is 1. The smallest absolute Gasteiger partial charge is 0.353 e. The van der Waals surface area contributed by atoms with Crippen molar-refractivity contribution in [3.05, 3.63) is 62.6 Å². The van der Waals surface area contributed by atoms with E-state index in [1.165, 1.54) is 36.0 Å². The lowest BCUT2D eigenvalue weighted by molar-refractivity contribution is 0.0689. The van der Waals surface area contributed by atoms with Crippen LogP contribution in [0, 0.1) is 6.92 Å². The highest BCUT2D eigenvalue weighted by Gasteiger charge is 2.29. The number of carbonyl (C=O) groups is 1. The van der Waals surface area contributed by atoms with Gasteiger partial charge in [0.2, 0.25) is 0 Å². The van der Waals surface area contributed by atoms with Crippen molar-refractivity contribution in [2.24, 2.45) is 7.05 Å². The molecule has 0 atom stereocenters. The third kappa shape index (κ3) is 2.69. The zero-order chi connectivity index (χ0) is 18.5. The maximum absolute atomic E-state index is 13.1. The Kier molecular flexibility index (Phi) is 4.08. The van der Waals surface area contributed by atoms with Gasteiger partial charge in [0.25, 0.3) is 15.6 Å². The number of carboxylic acid groups (broad SMARTS) is 1. The molecule has 7 nitrogen and oxygen atoms in total. The first-order chi connectivity index (χ1) is 11.6. The third-order valence-corrected chi connectivity index (χ3v) is 6.18. The minimum atomic E-state index is -4.27. The summed E-state index contributed by atoms with van der Waals surface area (Å²) in [5, 5.41) is 9.68. The number of halogens is 1. The van der Waals surface area contributed by atoms with Gasteiger partial charge in [0, 0.05) is 23.1 Å². The molecule has 0 saturated carbocycles. The van der Waals surface area contributed by atoms with Crippen molar-refractivity contribution < 1.29 is 18.3 Å². The van der Waals surface area contributed by atoms with E-state index in [0.717, 1.165) is 5.56 Å². The Labute approximate surface area is 151 Å². The van der Waals surface area contributed by atoms with Crippen LogP contribution >= 0.6 is 15.9 Å². The first-order valence-corrected chi connectivity index (χ1v) is 9.34. The number of aromatic nitrogens is 2. The van der Waals surface area contributed by atoms with Gasteiger partial charge >= 0.3 is 5.97 Å². The topological polar surface area (TPSA) is 98.4 Å². The summed E-state index contributed by atoms with van der Waals surface area (Å²) in [6.45, 7) is 1.80. The Hall–Kier alpha value is -2.39. The van der Waals surface area contributed by atoms with E-state index in [0.29, 0.717) is 8.45 Å². The van der Waals surface area contributed by atoms with Crippen LogP contribution in [0.5, 0.6) is 0 Å². The lowest BCUT2D eigenvalue weighted by atomic mass is 10.2. The number of fused-ring (bicyclic) bond motifs is 1. The largest absolute Gasteiger partial charge is 0.477 e. The minimum absolute atomic E-state index is 0.0971. The molecule has 0 amide bonds. The number of pyridine rings is 1. The number of hydrogen-bond acceptors (Lipinski definition) is 4. The van der Waals surface area contributed by atoms with Gasteiger partial charge < -0.3 is 9.67 Å². The van der Waals surface area contributed by atoms with E-state index in [1.807, 2.05) is 0 Å². The summed E-state index contributed by atoms with van der Waals surface area (Å²) in [7, 11) is -2.81. The first kappa shape index (κ1) is 17.4. The SMILES string of the molecule is Cc1ccc(S(=O)(=O)n2c(C(=O)O)cc3c(Br)cn(C)c(=O)c32)cc1. The van der Waals surface area contributed by atoms with Crippen LogP contribution in [0.4, 0.5) is 0 Å². The van der Waals surface area contributed by atoms with Crippen molar-refractivity contribution in [2.45, 2.75) is 11.8 Å². The average Bonchev–Trinajstić information content (AvgIpc) is 2.95. The van der Waals surface area contributed by atoms with Gasteiger partial charge in [-0.05, 0) is 41.1 Å². The van der Waals surface area contributed by atoms with Crippen LogP contribution in [0.1, 0.15) is 16.1 Å². The molecule has 130 valence electrons. The lowest BCUT2D eigenvalue weighted by Gasteiger charge is -2.10. The molecule has 1 aromatic carbocycles. The van der Waals surface area contributed by atoms with Crippen LogP contribution < -0.4 is 5.56 Å². The van der Waals surface area contributed by atoms with E-state index in [4.69, 9.17) is 0 Å². The molecule has 2 heterocycles. The maximum atomic E-state index is 13.1. The van der Waals surface area contributed by atoms with E-state index in [1.54, 1.807) is 19.1 Å². The van der Waals surface area contributed by atoms with Crippen LogP contribution in [0.2, 0.25) is 0 Å². The molecule has 2 aromatic heterocycles. The molecule has 0 radical (unpaired) electrons. The van der Waals surface area contributed by atoms with E-state index >= 15 is 0 Å². The van der Waals surface area contributed by atoms with Crippen molar-refractivity contribution in [1.82, 2.24) is 8.54 Å². The second-order valence-electron chi connectivity index (χ2n) is 5.57. The number of carboxylic acids is 1. The van der Waals surface area contributed by atoms with Crippen molar-refractivity contribution in [3.8, 4) is 0 Å². The maximum Gasteiger partial charge on any atom is 0.353 e.